The number of carboxylic acid groups (broad SMARTS) is 2. The average Bonchev–Trinajstić information content (AvgIpc) is 2.78. The molecule has 0 bridgehead atoms. The third kappa shape index (κ3) is 4.13. The number of hydrogen-bond donors (Lipinski definition) is 2. The van der Waals surface area contributed by atoms with Gasteiger partial charge in [-0.05, 0) is 24.3 Å². The summed E-state index contributed by atoms with van der Waals surface area (Å²) in [6, 6.07) is 10.6. The molecule has 0 saturated carbocycles. The van der Waals surface area contributed by atoms with Crippen LogP contribution in [0.2, 0.25) is 0 Å². The van der Waals surface area contributed by atoms with Gasteiger partial charge in [0, 0.05) is 18.6 Å². The van der Waals surface area contributed by atoms with E-state index in [1.54, 1.807) is 6.92 Å². The van der Waals surface area contributed by atoms with E-state index in [2.05, 4.69) is 0 Å². The molecule has 4 rings (SSSR count). The van der Waals surface area contributed by atoms with Gasteiger partial charge in [-0.2, -0.15) is 0 Å². The minimum absolute atomic E-state index is 0.0271. The zero-order valence-corrected chi connectivity index (χ0v) is 17.1. The molecule has 10 nitrogen and oxygen atoms in total. The summed E-state index contributed by atoms with van der Waals surface area (Å²) in [6.07, 6.45) is -0.664. The highest BCUT2D eigenvalue weighted by Gasteiger charge is 2.20. The Kier molecular flexibility index (Phi) is 5.57. The number of carboxylic acids is 2. The summed E-state index contributed by atoms with van der Waals surface area (Å²) in [5.74, 6) is -3.56. The molecule has 4 aromatic rings. The largest absolute Gasteiger partial charge is 0.475 e. The molecule has 2 heterocycles. The van der Waals surface area contributed by atoms with Gasteiger partial charge in [-0.15, -0.1) is 0 Å². The SMILES string of the molecule is CCC(Oc1cccc2oc(C(=O)O)cc(=O)c12)Oc1cccc2oc(C(=O)O)cc(=O)c12. The molecule has 0 atom stereocenters. The molecule has 0 aliphatic heterocycles. The summed E-state index contributed by atoms with van der Waals surface area (Å²) in [4.78, 5) is 47.3. The highest BCUT2D eigenvalue weighted by molar-refractivity contribution is 5.90. The molecular weight excluding hydrogens is 436 g/mol. The van der Waals surface area contributed by atoms with Gasteiger partial charge < -0.3 is 28.5 Å². The summed E-state index contributed by atoms with van der Waals surface area (Å²) in [5.41, 5.74) is -1.16. The van der Waals surface area contributed by atoms with Gasteiger partial charge in [-0.1, -0.05) is 19.1 Å². The van der Waals surface area contributed by atoms with E-state index in [4.69, 9.17) is 28.5 Å². The molecule has 10 heteroatoms. The van der Waals surface area contributed by atoms with Gasteiger partial charge in [-0.25, -0.2) is 9.59 Å². The molecule has 0 fully saturated rings. The van der Waals surface area contributed by atoms with Crippen LogP contribution in [0.5, 0.6) is 11.5 Å². The topological polar surface area (TPSA) is 153 Å². The first kappa shape index (κ1) is 21.6. The predicted molar refractivity (Wildman–Crippen MR) is 114 cm³/mol. The van der Waals surface area contributed by atoms with Crippen LogP contribution < -0.4 is 20.3 Å². The highest BCUT2D eigenvalue weighted by atomic mass is 16.7. The van der Waals surface area contributed by atoms with Crippen molar-refractivity contribution in [2.24, 2.45) is 0 Å². The Balaban J connectivity index is 1.72. The van der Waals surface area contributed by atoms with Crippen molar-refractivity contribution in [2.75, 3.05) is 0 Å². The smallest absolute Gasteiger partial charge is 0.371 e. The molecule has 2 aromatic carbocycles. The standard InChI is InChI=1S/C23H16O10/c1-2-19(32-15-7-3-5-13-20(15)11(24)9-17(30-13)22(26)27)33-16-8-4-6-14-21(16)12(25)10-18(31-14)23(28)29/h3-10,19H,2H2,1H3,(H,26,27)(H,28,29). The third-order valence-electron chi connectivity index (χ3n) is 4.70. The van der Waals surface area contributed by atoms with Gasteiger partial charge in [-0.3, -0.25) is 9.59 Å². The maximum absolute atomic E-state index is 12.5. The summed E-state index contributed by atoms with van der Waals surface area (Å²) >= 11 is 0. The van der Waals surface area contributed by atoms with Gasteiger partial charge in [0.25, 0.3) is 0 Å². The first-order valence-corrected chi connectivity index (χ1v) is 9.72. The highest BCUT2D eigenvalue weighted by Crippen LogP contribution is 2.28. The Bertz CT molecular complexity index is 1400. The fourth-order valence-corrected chi connectivity index (χ4v) is 3.24. The summed E-state index contributed by atoms with van der Waals surface area (Å²) in [6.45, 7) is 1.75. The number of benzene rings is 2. The van der Waals surface area contributed by atoms with Crippen molar-refractivity contribution in [3.8, 4) is 11.5 Å². The van der Waals surface area contributed by atoms with Crippen LogP contribution in [0.4, 0.5) is 0 Å². The van der Waals surface area contributed by atoms with E-state index in [-0.39, 0.29) is 33.4 Å². The number of aromatic carboxylic acids is 2. The summed E-state index contributed by atoms with van der Waals surface area (Å²) < 4.78 is 22.2. The lowest BCUT2D eigenvalue weighted by Crippen LogP contribution is -2.24. The molecule has 0 saturated heterocycles. The van der Waals surface area contributed by atoms with Crippen molar-refractivity contribution in [1.29, 1.82) is 0 Å². The number of hydrogen-bond acceptors (Lipinski definition) is 8. The molecule has 0 amide bonds. The van der Waals surface area contributed by atoms with Crippen LogP contribution in [0.15, 0.2) is 67.0 Å². The zero-order chi connectivity index (χ0) is 23.7. The monoisotopic (exact) mass is 452 g/mol. The second kappa shape index (κ2) is 8.50. The fraction of sp³-hybridized carbons (Fsp3) is 0.130. The van der Waals surface area contributed by atoms with E-state index in [0.29, 0.717) is 6.42 Å². The van der Waals surface area contributed by atoms with Gasteiger partial charge in [0.1, 0.15) is 33.4 Å². The van der Waals surface area contributed by atoms with Crippen LogP contribution >= 0.6 is 0 Å². The Morgan fingerprint density at radius 2 is 1.24 bits per heavy atom. The molecular formula is C23H16O10. The first-order valence-electron chi connectivity index (χ1n) is 9.72. The van der Waals surface area contributed by atoms with E-state index in [1.807, 2.05) is 0 Å². The van der Waals surface area contributed by atoms with Gasteiger partial charge in [0.05, 0.1) is 0 Å². The summed E-state index contributed by atoms with van der Waals surface area (Å²) in [7, 11) is 0. The van der Waals surface area contributed by atoms with E-state index >= 15 is 0 Å². The van der Waals surface area contributed by atoms with Gasteiger partial charge in [0.2, 0.25) is 17.8 Å². The average molecular weight is 452 g/mol. The minimum atomic E-state index is -1.38. The lowest BCUT2D eigenvalue weighted by molar-refractivity contribution is 0.00548. The normalized spacial score (nSPS) is 11.1. The van der Waals surface area contributed by atoms with Crippen molar-refractivity contribution >= 4 is 33.9 Å². The Hall–Kier alpha value is -4.60. The van der Waals surface area contributed by atoms with Gasteiger partial charge in [0.15, 0.2) is 10.9 Å². The minimum Gasteiger partial charge on any atom is -0.475 e. The Morgan fingerprint density at radius 1 is 0.818 bits per heavy atom. The lowest BCUT2D eigenvalue weighted by atomic mass is 10.2. The second-order valence-electron chi connectivity index (χ2n) is 6.89. The number of rotatable bonds is 7. The van der Waals surface area contributed by atoms with Crippen LogP contribution in [-0.4, -0.2) is 28.4 Å². The van der Waals surface area contributed by atoms with E-state index < -0.39 is 40.6 Å². The van der Waals surface area contributed by atoms with Crippen molar-refractivity contribution in [3.05, 3.63) is 80.5 Å². The van der Waals surface area contributed by atoms with Gasteiger partial charge >= 0.3 is 11.9 Å². The van der Waals surface area contributed by atoms with Crippen molar-refractivity contribution in [1.82, 2.24) is 0 Å². The Labute approximate surface area is 184 Å². The summed E-state index contributed by atoms with van der Waals surface area (Å²) in [5, 5.41) is 18.3. The molecule has 33 heavy (non-hydrogen) atoms. The maximum Gasteiger partial charge on any atom is 0.371 e. The maximum atomic E-state index is 12.5. The molecule has 168 valence electrons. The quantitative estimate of drug-likeness (QED) is 0.398. The van der Waals surface area contributed by atoms with E-state index in [9.17, 15) is 19.2 Å². The number of fused-ring (bicyclic) bond motifs is 2. The van der Waals surface area contributed by atoms with E-state index in [1.165, 1.54) is 36.4 Å². The molecule has 2 N–H and O–H groups in total. The fourth-order valence-electron chi connectivity index (χ4n) is 3.24. The van der Waals surface area contributed by atoms with Crippen LogP contribution in [0.25, 0.3) is 21.9 Å². The zero-order valence-electron chi connectivity index (χ0n) is 17.1. The number of carbonyl (C=O) groups is 2. The first-order chi connectivity index (χ1) is 15.8. The van der Waals surface area contributed by atoms with Crippen LogP contribution in [0, 0.1) is 0 Å². The third-order valence-corrected chi connectivity index (χ3v) is 4.70. The molecule has 0 aliphatic carbocycles. The van der Waals surface area contributed by atoms with Crippen LogP contribution in [0.3, 0.4) is 0 Å². The Morgan fingerprint density at radius 3 is 1.61 bits per heavy atom. The predicted octanol–water partition coefficient (Wildman–Crippen LogP) is 3.49. The lowest BCUT2D eigenvalue weighted by Gasteiger charge is -2.20. The van der Waals surface area contributed by atoms with Crippen molar-refractivity contribution < 1.29 is 38.1 Å². The van der Waals surface area contributed by atoms with Crippen LogP contribution in [0.1, 0.15) is 34.5 Å². The molecule has 0 aliphatic rings. The van der Waals surface area contributed by atoms with Crippen LogP contribution in [-0.2, 0) is 0 Å². The van der Waals surface area contributed by atoms with E-state index in [0.717, 1.165) is 12.1 Å². The molecule has 2 aromatic heterocycles. The molecule has 0 radical (unpaired) electrons. The number of ether oxygens (including phenoxy) is 2. The molecule has 0 spiro atoms. The van der Waals surface area contributed by atoms with Crippen molar-refractivity contribution in [2.45, 2.75) is 19.6 Å². The molecule has 0 unspecified atom stereocenters. The van der Waals surface area contributed by atoms with Crippen molar-refractivity contribution in [3.63, 3.8) is 0 Å². The second-order valence-corrected chi connectivity index (χ2v) is 6.89.